The molecule has 2 N–H and O–H groups in total. The van der Waals surface area contributed by atoms with Gasteiger partial charge in [0.05, 0.1) is 17.1 Å². The van der Waals surface area contributed by atoms with E-state index in [1.807, 2.05) is 4.90 Å². The Hall–Kier alpha value is -3.65. The number of carbonyl (C=O) groups excluding carboxylic acids is 1. The number of aromatic amines is 1. The van der Waals surface area contributed by atoms with Crippen LogP contribution in [0.2, 0.25) is 0 Å². The number of hydrazine groups is 1. The maximum absolute atomic E-state index is 15.0. The Morgan fingerprint density at radius 1 is 1.08 bits per heavy atom. The van der Waals surface area contributed by atoms with Crippen LogP contribution in [0.15, 0.2) is 29.1 Å². The number of aryl methyl sites for hydroxylation is 1. The Kier molecular flexibility index (Phi) is 7.25. The van der Waals surface area contributed by atoms with Crippen molar-refractivity contribution in [2.75, 3.05) is 44.2 Å². The van der Waals surface area contributed by atoms with Crippen LogP contribution in [0.5, 0.6) is 0 Å². The molecule has 5 rings (SSSR count). The molecule has 2 fully saturated rings. The second-order valence-corrected chi connectivity index (χ2v) is 9.77. The highest BCUT2D eigenvalue weighted by molar-refractivity contribution is 5.92. The van der Waals surface area contributed by atoms with Crippen molar-refractivity contribution in [2.45, 2.75) is 26.1 Å². The summed E-state index contributed by atoms with van der Waals surface area (Å²) in [7, 11) is 0. The summed E-state index contributed by atoms with van der Waals surface area (Å²) in [6.45, 7) is 3.35. The van der Waals surface area contributed by atoms with Gasteiger partial charge in [-0.3, -0.25) is 19.9 Å². The molecule has 0 spiro atoms. The minimum absolute atomic E-state index is 0.0400. The molecule has 1 aromatic carbocycles. The predicted molar refractivity (Wildman–Crippen MR) is 132 cm³/mol. The molecular formula is C25H26F5N7O2. The Labute approximate surface area is 219 Å². The number of nitrogens with zero attached hydrogens (tertiary/aromatic N) is 5. The van der Waals surface area contributed by atoms with Gasteiger partial charge in [-0.2, -0.15) is 17.6 Å². The first-order valence-electron chi connectivity index (χ1n) is 12.4. The normalized spacial score (nSPS) is 19.1. The molecule has 2 saturated heterocycles. The van der Waals surface area contributed by atoms with Gasteiger partial charge in [0.1, 0.15) is 16.9 Å². The van der Waals surface area contributed by atoms with Crippen LogP contribution in [0.4, 0.5) is 27.6 Å². The number of amides is 1. The van der Waals surface area contributed by atoms with Crippen molar-refractivity contribution in [3.63, 3.8) is 0 Å². The fourth-order valence-corrected chi connectivity index (χ4v) is 4.89. The standard InChI is InChI=1S/C25H26F5N7O2/c1-14-23(38)33-21-17(31-14)3-2-15(20(21)26)12-35-8-10-36(11-9-35)19-5-4-18(32-22(19)27)24(39)34-37-7-6-16(13-37)25(28,29)30/h2-5,16H,6-13H2,1H3,(H,33,38)(H,34,39). The number of aromatic nitrogens is 3. The lowest BCUT2D eigenvalue weighted by Crippen LogP contribution is -2.46. The van der Waals surface area contributed by atoms with Crippen LogP contribution < -0.4 is 15.9 Å². The van der Waals surface area contributed by atoms with Crippen molar-refractivity contribution >= 4 is 22.6 Å². The number of H-pyrrole nitrogens is 1. The molecular weight excluding hydrogens is 525 g/mol. The Balaban J connectivity index is 1.18. The third-order valence-electron chi connectivity index (χ3n) is 7.13. The van der Waals surface area contributed by atoms with Gasteiger partial charge in [-0.25, -0.2) is 19.4 Å². The Morgan fingerprint density at radius 3 is 2.49 bits per heavy atom. The maximum Gasteiger partial charge on any atom is 0.393 e. The van der Waals surface area contributed by atoms with Gasteiger partial charge in [-0.05, 0) is 31.5 Å². The number of nitrogens with one attached hydrogen (secondary N) is 2. The van der Waals surface area contributed by atoms with Gasteiger partial charge in [0.2, 0.25) is 5.95 Å². The van der Waals surface area contributed by atoms with E-state index >= 15 is 4.39 Å². The van der Waals surface area contributed by atoms with Crippen molar-refractivity contribution < 1.29 is 26.7 Å². The largest absolute Gasteiger partial charge is 0.393 e. The lowest BCUT2D eigenvalue weighted by Gasteiger charge is -2.36. The van der Waals surface area contributed by atoms with Crippen molar-refractivity contribution in [1.82, 2.24) is 30.3 Å². The molecule has 0 radical (unpaired) electrons. The summed E-state index contributed by atoms with van der Waals surface area (Å²) in [6.07, 6.45) is -4.46. The molecule has 0 saturated carbocycles. The molecule has 1 amide bonds. The van der Waals surface area contributed by atoms with E-state index in [0.717, 1.165) is 0 Å². The summed E-state index contributed by atoms with van der Waals surface area (Å²) >= 11 is 0. The monoisotopic (exact) mass is 551 g/mol. The first kappa shape index (κ1) is 26.9. The summed E-state index contributed by atoms with van der Waals surface area (Å²) in [5.41, 5.74) is 2.96. The zero-order valence-corrected chi connectivity index (χ0v) is 21.0. The zero-order chi connectivity index (χ0) is 27.9. The van der Waals surface area contributed by atoms with Gasteiger partial charge in [0, 0.05) is 51.4 Å². The second kappa shape index (κ2) is 10.5. The number of fused-ring (bicyclic) bond motifs is 1. The number of rotatable bonds is 5. The molecule has 2 aromatic heterocycles. The van der Waals surface area contributed by atoms with E-state index in [1.165, 1.54) is 17.1 Å². The van der Waals surface area contributed by atoms with E-state index < -0.39 is 35.3 Å². The number of hydrogen-bond acceptors (Lipinski definition) is 7. The van der Waals surface area contributed by atoms with Crippen molar-refractivity contribution in [3.8, 4) is 0 Å². The average molecular weight is 552 g/mol. The first-order valence-corrected chi connectivity index (χ1v) is 12.4. The average Bonchev–Trinajstić information content (AvgIpc) is 3.37. The minimum Gasteiger partial charge on any atom is -0.365 e. The first-order chi connectivity index (χ1) is 18.5. The number of hydrogen-bond donors (Lipinski definition) is 2. The third-order valence-corrected chi connectivity index (χ3v) is 7.13. The molecule has 39 heavy (non-hydrogen) atoms. The van der Waals surface area contributed by atoms with Crippen molar-refractivity contribution in [3.05, 3.63) is 63.3 Å². The van der Waals surface area contributed by atoms with Gasteiger partial charge in [0.25, 0.3) is 11.5 Å². The smallest absolute Gasteiger partial charge is 0.365 e. The number of pyridine rings is 1. The number of alkyl halides is 3. The van der Waals surface area contributed by atoms with Crippen LogP contribution in [0, 0.1) is 24.6 Å². The number of benzene rings is 1. The van der Waals surface area contributed by atoms with Gasteiger partial charge in [-0.1, -0.05) is 6.07 Å². The Morgan fingerprint density at radius 2 is 1.82 bits per heavy atom. The number of anilines is 1. The molecule has 3 aromatic rings. The highest BCUT2D eigenvalue weighted by Crippen LogP contribution is 2.32. The molecule has 9 nitrogen and oxygen atoms in total. The van der Waals surface area contributed by atoms with Crippen molar-refractivity contribution in [2.24, 2.45) is 5.92 Å². The van der Waals surface area contributed by atoms with E-state index in [2.05, 4.69) is 20.4 Å². The third kappa shape index (κ3) is 5.71. The molecule has 2 aliphatic heterocycles. The summed E-state index contributed by atoms with van der Waals surface area (Å²) in [5.74, 6) is -3.70. The van der Waals surface area contributed by atoms with Gasteiger partial charge < -0.3 is 9.88 Å². The van der Waals surface area contributed by atoms with Crippen LogP contribution in [0.1, 0.15) is 28.2 Å². The van der Waals surface area contributed by atoms with E-state index in [0.29, 0.717) is 37.3 Å². The van der Waals surface area contributed by atoms with Crippen LogP contribution in [-0.4, -0.2) is 76.2 Å². The summed E-state index contributed by atoms with van der Waals surface area (Å²) in [5, 5.41) is 1.17. The SMILES string of the molecule is Cc1nc2ccc(CN3CCN(c4ccc(C(=O)NN5CCC(C(F)(F)F)C5)nc4F)CC3)c(F)c2[nH]c1=O. The lowest BCUT2D eigenvalue weighted by atomic mass is 10.1. The van der Waals surface area contributed by atoms with Crippen molar-refractivity contribution in [1.29, 1.82) is 0 Å². The summed E-state index contributed by atoms with van der Waals surface area (Å²) in [4.78, 5) is 38.4. The van der Waals surface area contributed by atoms with Crippen LogP contribution in [-0.2, 0) is 6.54 Å². The predicted octanol–water partition coefficient (Wildman–Crippen LogP) is 2.76. The number of carbonyl (C=O) groups is 1. The zero-order valence-electron chi connectivity index (χ0n) is 21.0. The lowest BCUT2D eigenvalue weighted by molar-refractivity contribution is -0.171. The Bertz CT molecular complexity index is 1450. The van der Waals surface area contributed by atoms with E-state index in [-0.39, 0.29) is 48.6 Å². The van der Waals surface area contributed by atoms with E-state index in [4.69, 9.17) is 0 Å². The molecule has 208 valence electrons. The molecule has 1 unspecified atom stereocenters. The van der Waals surface area contributed by atoms with Gasteiger partial charge >= 0.3 is 6.18 Å². The van der Waals surface area contributed by atoms with E-state index in [1.54, 1.807) is 24.0 Å². The summed E-state index contributed by atoms with van der Waals surface area (Å²) < 4.78 is 68.5. The highest BCUT2D eigenvalue weighted by atomic mass is 19.4. The molecule has 1 atom stereocenters. The van der Waals surface area contributed by atoms with Crippen LogP contribution in [0.3, 0.4) is 0 Å². The summed E-state index contributed by atoms with van der Waals surface area (Å²) in [6, 6.07) is 6.04. The molecule has 2 aliphatic rings. The minimum atomic E-state index is -4.34. The second-order valence-electron chi connectivity index (χ2n) is 9.77. The molecule has 4 heterocycles. The van der Waals surface area contributed by atoms with Gasteiger partial charge in [-0.15, -0.1) is 0 Å². The molecule has 0 aliphatic carbocycles. The molecule has 14 heteroatoms. The quantitative estimate of drug-likeness (QED) is 0.372. The van der Waals surface area contributed by atoms with Gasteiger partial charge in [0.15, 0.2) is 5.82 Å². The highest BCUT2D eigenvalue weighted by Gasteiger charge is 2.44. The number of piperazine rings is 1. The van der Waals surface area contributed by atoms with Crippen LogP contribution >= 0.6 is 0 Å². The fraction of sp³-hybridized carbons (Fsp3) is 0.440. The topological polar surface area (TPSA) is 97.5 Å². The van der Waals surface area contributed by atoms with E-state index in [9.17, 15) is 27.2 Å². The number of halogens is 5. The molecule has 0 bridgehead atoms. The maximum atomic E-state index is 15.0. The fourth-order valence-electron chi connectivity index (χ4n) is 4.89. The van der Waals surface area contributed by atoms with Crippen LogP contribution in [0.25, 0.3) is 11.0 Å².